The van der Waals surface area contributed by atoms with E-state index in [0.29, 0.717) is 6.61 Å². The van der Waals surface area contributed by atoms with Crippen molar-refractivity contribution < 1.29 is 14.3 Å². The molecule has 0 fully saturated rings. The lowest BCUT2D eigenvalue weighted by molar-refractivity contribution is -0.137. The van der Waals surface area contributed by atoms with Crippen molar-refractivity contribution in [2.45, 2.75) is 32.6 Å². The first-order valence-electron chi connectivity index (χ1n) is 6.75. The minimum absolute atomic E-state index is 0.233. The molecule has 0 spiro atoms. The predicted octanol–water partition coefficient (Wildman–Crippen LogP) is 3.06. The van der Waals surface area contributed by atoms with Crippen molar-refractivity contribution in [3.05, 3.63) is 41.0 Å². The van der Waals surface area contributed by atoms with E-state index in [-0.39, 0.29) is 5.97 Å². The lowest BCUT2D eigenvalue weighted by atomic mass is 10.0. The first-order valence-corrected chi connectivity index (χ1v) is 6.75. The molecule has 0 amide bonds. The Labute approximate surface area is 114 Å². The van der Waals surface area contributed by atoms with E-state index in [1.54, 1.807) is 13.2 Å². The summed E-state index contributed by atoms with van der Waals surface area (Å²) in [4.78, 5) is 11.5. The van der Waals surface area contributed by atoms with Crippen molar-refractivity contribution in [1.29, 1.82) is 0 Å². The molecule has 0 unspecified atom stereocenters. The van der Waals surface area contributed by atoms with Gasteiger partial charge < -0.3 is 9.47 Å². The second-order valence-corrected chi connectivity index (χ2v) is 4.72. The summed E-state index contributed by atoms with van der Waals surface area (Å²) in [6.07, 6.45) is 5.54. The molecular formula is C16H20O3. The molecule has 1 aliphatic carbocycles. The van der Waals surface area contributed by atoms with Gasteiger partial charge >= 0.3 is 5.97 Å². The van der Waals surface area contributed by atoms with E-state index < -0.39 is 0 Å². The van der Waals surface area contributed by atoms with Crippen LogP contribution in [0.4, 0.5) is 0 Å². The smallest absolute Gasteiger partial charge is 0.330 e. The zero-order valence-electron chi connectivity index (χ0n) is 11.6. The maximum atomic E-state index is 11.5. The normalized spacial score (nSPS) is 16.6. The van der Waals surface area contributed by atoms with E-state index in [9.17, 15) is 4.79 Å². The van der Waals surface area contributed by atoms with E-state index in [4.69, 9.17) is 9.47 Å². The van der Waals surface area contributed by atoms with Crippen LogP contribution in [0.3, 0.4) is 0 Å². The molecule has 0 bridgehead atoms. The van der Waals surface area contributed by atoms with Crippen LogP contribution >= 0.6 is 0 Å². The number of ether oxygens (including phenoxy) is 2. The van der Waals surface area contributed by atoms with Gasteiger partial charge in [0.25, 0.3) is 0 Å². The fraction of sp³-hybridized carbons (Fsp3) is 0.438. The maximum Gasteiger partial charge on any atom is 0.330 e. The van der Waals surface area contributed by atoms with Crippen LogP contribution in [0.2, 0.25) is 0 Å². The van der Waals surface area contributed by atoms with Gasteiger partial charge in [0.2, 0.25) is 0 Å². The first kappa shape index (κ1) is 13.7. The topological polar surface area (TPSA) is 35.5 Å². The van der Waals surface area contributed by atoms with Crippen molar-refractivity contribution in [2.75, 3.05) is 13.7 Å². The number of carbonyl (C=O) groups is 1. The maximum absolute atomic E-state index is 11.5. The number of carbonyl (C=O) groups excluding carboxylic acids is 1. The van der Waals surface area contributed by atoms with Gasteiger partial charge in [0.05, 0.1) is 13.7 Å². The highest BCUT2D eigenvalue weighted by atomic mass is 16.5. The quantitative estimate of drug-likeness (QED) is 0.476. The summed E-state index contributed by atoms with van der Waals surface area (Å²) < 4.78 is 10.2. The minimum Gasteiger partial charge on any atom is -0.497 e. The Morgan fingerprint density at radius 3 is 2.89 bits per heavy atom. The van der Waals surface area contributed by atoms with E-state index in [2.05, 4.69) is 12.1 Å². The number of fused-ring (bicyclic) bond motifs is 1. The number of rotatable bonds is 3. The summed E-state index contributed by atoms with van der Waals surface area (Å²) in [5.74, 6) is 0.639. The molecule has 3 heteroatoms. The molecule has 0 atom stereocenters. The predicted molar refractivity (Wildman–Crippen MR) is 74.4 cm³/mol. The Morgan fingerprint density at radius 2 is 2.16 bits per heavy atom. The van der Waals surface area contributed by atoms with Crippen LogP contribution in [0.1, 0.15) is 30.9 Å². The second kappa shape index (κ2) is 6.41. The standard InChI is InChI=1S/C16H20O3/c1-3-19-16(17)10-12-5-4-6-13-7-8-15(18-2)11-14(13)9-12/h7-8,10-11H,3-6,9H2,1-2H3/b12-10-. The van der Waals surface area contributed by atoms with Crippen molar-refractivity contribution in [2.24, 2.45) is 0 Å². The van der Waals surface area contributed by atoms with Gasteiger partial charge in [-0.25, -0.2) is 4.79 Å². The van der Waals surface area contributed by atoms with Gasteiger partial charge in [0.1, 0.15) is 5.75 Å². The Bertz CT molecular complexity index is 489. The summed E-state index contributed by atoms with van der Waals surface area (Å²) in [5, 5.41) is 0. The van der Waals surface area contributed by atoms with Crippen molar-refractivity contribution >= 4 is 5.97 Å². The third-order valence-electron chi connectivity index (χ3n) is 3.38. The van der Waals surface area contributed by atoms with E-state index in [0.717, 1.165) is 37.0 Å². The average molecular weight is 260 g/mol. The summed E-state index contributed by atoms with van der Waals surface area (Å²) in [6.45, 7) is 2.25. The fourth-order valence-electron chi connectivity index (χ4n) is 2.45. The minimum atomic E-state index is -0.233. The Balaban J connectivity index is 2.21. The third-order valence-corrected chi connectivity index (χ3v) is 3.38. The lowest BCUT2D eigenvalue weighted by Crippen LogP contribution is -2.02. The summed E-state index contributed by atoms with van der Waals surface area (Å²) in [6, 6.07) is 6.19. The molecule has 0 aromatic heterocycles. The summed E-state index contributed by atoms with van der Waals surface area (Å²) in [7, 11) is 1.67. The molecule has 0 N–H and O–H groups in total. The number of hydrogen-bond acceptors (Lipinski definition) is 3. The van der Waals surface area contributed by atoms with Gasteiger partial charge in [0, 0.05) is 6.08 Å². The molecule has 0 aliphatic heterocycles. The summed E-state index contributed by atoms with van der Waals surface area (Å²) >= 11 is 0. The molecule has 19 heavy (non-hydrogen) atoms. The average Bonchev–Trinajstić information content (AvgIpc) is 2.59. The fourth-order valence-corrected chi connectivity index (χ4v) is 2.45. The molecular weight excluding hydrogens is 240 g/mol. The highest BCUT2D eigenvalue weighted by Gasteiger charge is 2.13. The molecule has 2 rings (SSSR count). The van der Waals surface area contributed by atoms with Crippen molar-refractivity contribution in [1.82, 2.24) is 0 Å². The van der Waals surface area contributed by atoms with Crippen LogP contribution in [-0.2, 0) is 22.4 Å². The largest absolute Gasteiger partial charge is 0.497 e. The SMILES string of the molecule is CCOC(=O)/C=C1/CCCc2ccc(OC)cc2C1. The Kier molecular flexibility index (Phi) is 4.61. The first-order chi connectivity index (χ1) is 9.22. The molecule has 0 radical (unpaired) electrons. The Morgan fingerprint density at radius 1 is 1.32 bits per heavy atom. The third kappa shape index (κ3) is 3.60. The van der Waals surface area contributed by atoms with Crippen LogP contribution < -0.4 is 4.74 Å². The van der Waals surface area contributed by atoms with Gasteiger partial charge in [-0.3, -0.25) is 0 Å². The number of esters is 1. The van der Waals surface area contributed by atoms with Gasteiger partial charge in [-0.2, -0.15) is 0 Å². The molecule has 1 aromatic rings. The number of benzene rings is 1. The number of aryl methyl sites for hydroxylation is 1. The number of hydrogen-bond donors (Lipinski definition) is 0. The van der Waals surface area contributed by atoms with Crippen LogP contribution in [0.15, 0.2) is 29.8 Å². The van der Waals surface area contributed by atoms with Gasteiger partial charge in [0.15, 0.2) is 0 Å². The lowest BCUT2D eigenvalue weighted by Gasteiger charge is -2.08. The molecule has 0 saturated carbocycles. The van der Waals surface area contributed by atoms with Crippen LogP contribution in [0, 0.1) is 0 Å². The zero-order valence-corrected chi connectivity index (χ0v) is 11.6. The van der Waals surface area contributed by atoms with E-state index in [1.165, 1.54) is 11.1 Å². The number of methoxy groups -OCH3 is 1. The Hall–Kier alpha value is -1.77. The van der Waals surface area contributed by atoms with Gasteiger partial charge in [-0.15, -0.1) is 0 Å². The molecule has 3 nitrogen and oxygen atoms in total. The monoisotopic (exact) mass is 260 g/mol. The zero-order chi connectivity index (χ0) is 13.7. The second-order valence-electron chi connectivity index (χ2n) is 4.72. The van der Waals surface area contributed by atoms with Gasteiger partial charge in [-0.05, 0) is 55.9 Å². The van der Waals surface area contributed by atoms with E-state index >= 15 is 0 Å². The molecule has 1 aliphatic rings. The van der Waals surface area contributed by atoms with E-state index in [1.807, 2.05) is 13.0 Å². The summed E-state index contributed by atoms with van der Waals surface area (Å²) in [5.41, 5.74) is 3.76. The van der Waals surface area contributed by atoms with Crippen molar-refractivity contribution in [3.63, 3.8) is 0 Å². The molecule has 102 valence electrons. The van der Waals surface area contributed by atoms with Crippen LogP contribution in [0.25, 0.3) is 0 Å². The van der Waals surface area contributed by atoms with Gasteiger partial charge in [-0.1, -0.05) is 11.6 Å². The highest BCUT2D eigenvalue weighted by Crippen LogP contribution is 2.27. The van der Waals surface area contributed by atoms with Crippen LogP contribution in [-0.4, -0.2) is 19.7 Å². The molecule has 0 heterocycles. The number of allylic oxidation sites excluding steroid dienone is 1. The highest BCUT2D eigenvalue weighted by molar-refractivity contribution is 5.82. The molecule has 0 saturated heterocycles. The van der Waals surface area contributed by atoms with Crippen LogP contribution in [0.5, 0.6) is 5.75 Å². The molecule has 1 aromatic carbocycles. The van der Waals surface area contributed by atoms with Crippen molar-refractivity contribution in [3.8, 4) is 5.75 Å².